The number of nitrogens with zero attached hydrogens (tertiary/aromatic N) is 1. The summed E-state index contributed by atoms with van der Waals surface area (Å²) in [5.74, 6) is 0. The number of rotatable bonds is 5. The van der Waals surface area contributed by atoms with E-state index < -0.39 is 0 Å². The molecule has 0 aliphatic heterocycles. The van der Waals surface area contributed by atoms with Crippen LogP contribution in [0.15, 0.2) is 12.1 Å². The summed E-state index contributed by atoms with van der Waals surface area (Å²) < 4.78 is 0. The second-order valence-corrected chi connectivity index (χ2v) is 5.84. The van der Waals surface area contributed by atoms with Crippen molar-refractivity contribution < 1.29 is 0 Å². The molecule has 0 fully saturated rings. The molecule has 1 aromatic carbocycles. The van der Waals surface area contributed by atoms with Crippen molar-refractivity contribution >= 4 is 0 Å². The van der Waals surface area contributed by atoms with Crippen LogP contribution in [-0.4, -0.2) is 31.6 Å². The SMILES string of the molecule is Cc1cc(C)c(C(C)NC(C)CN(C)C)cc1C. The third-order valence-corrected chi connectivity index (χ3v) is 3.52. The first-order chi connectivity index (χ1) is 8.31. The van der Waals surface area contributed by atoms with Gasteiger partial charge in [-0.1, -0.05) is 12.1 Å². The molecule has 0 amide bonds. The van der Waals surface area contributed by atoms with Crippen LogP contribution in [0.1, 0.15) is 42.1 Å². The molecular formula is C16H28N2. The lowest BCUT2D eigenvalue weighted by atomic mass is 9.96. The third-order valence-electron chi connectivity index (χ3n) is 3.52. The average molecular weight is 248 g/mol. The fraction of sp³-hybridized carbons (Fsp3) is 0.625. The first-order valence-electron chi connectivity index (χ1n) is 6.79. The van der Waals surface area contributed by atoms with Crippen LogP contribution in [0.4, 0.5) is 0 Å². The molecule has 2 heteroatoms. The smallest absolute Gasteiger partial charge is 0.0297 e. The van der Waals surface area contributed by atoms with Gasteiger partial charge in [0.05, 0.1) is 0 Å². The third kappa shape index (κ3) is 4.11. The highest BCUT2D eigenvalue weighted by atomic mass is 15.1. The minimum absolute atomic E-state index is 0.402. The maximum atomic E-state index is 3.67. The van der Waals surface area contributed by atoms with Crippen molar-refractivity contribution in [2.45, 2.75) is 46.7 Å². The Morgan fingerprint density at radius 2 is 1.56 bits per heavy atom. The summed E-state index contributed by atoms with van der Waals surface area (Å²) in [5.41, 5.74) is 5.56. The molecule has 0 aromatic heterocycles. The molecule has 2 unspecified atom stereocenters. The number of hydrogen-bond donors (Lipinski definition) is 1. The maximum absolute atomic E-state index is 3.67. The van der Waals surface area contributed by atoms with Crippen LogP contribution in [0.25, 0.3) is 0 Å². The Morgan fingerprint density at radius 1 is 1.00 bits per heavy atom. The van der Waals surface area contributed by atoms with E-state index in [-0.39, 0.29) is 0 Å². The summed E-state index contributed by atoms with van der Waals surface area (Å²) in [6.45, 7) is 12.1. The lowest BCUT2D eigenvalue weighted by molar-refractivity contribution is 0.334. The zero-order valence-corrected chi connectivity index (χ0v) is 13.0. The van der Waals surface area contributed by atoms with Crippen molar-refractivity contribution in [3.63, 3.8) is 0 Å². The van der Waals surface area contributed by atoms with Gasteiger partial charge in [-0.25, -0.2) is 0 Å². The van der Waals surface area contributed by atoms with Gasteiger partial charge in [0.25, 0.3) is 0 Å². The summed E-state index contributed by atoms with van der Waals surface area (Å²) in [5, 5.41) is 3.67. The average Bonchev–Trinajstić information content (AvgIpc) is 2.21. The van der Waals surface area contributed by atoms with E-state index in [4.69, 9.17) is 0 Å². The number of hydrogen-bond acceptors (Lipinski definition) is 2. The van der Waals surface area contributed by atoms with E-state index in [1.807, 2.05) is 0 Å². The lowest BCUT2D eigenvalue weighted by Gasteiger charge is -2.24. The fourth-order valence-corrected chi connectivity index (χ4v) is 2.57. The standard InChI is InChI=1S/C16H28N2/c1-11-8-13(3)16(9-12(11)2)15(5)17-14(4)10-18(6)7/h8-9,14-15,17H,10H2,1-7H3. The van der Waals surface area contributed by atoms with Crippen LogP contribution >= 0.6 is 0 Å². The summed E-state index contributed by atoms with van der Waals surface area (Å²) in [6, 6.07) is 5.51. The van der Waals surface area contributed by atoms with E-state index in [9.17, 15) is 0 Å². The number of benzene rings is 1. The first kappa shape index (κ1) is 15.2. The van der Waals surface area contributed by atoms with Crippen molar-refractivity contribution in [2.75, 3.05) is 20.6 Å². The highest BCUT2D eigenvalue weighted by Gasteiger charge is 2.13. The highest BCUT2D eigenvalue weighted by Crippen LogP contribution is 2.21. The predicted molar refractivity (Wildman–Crippen MR) is 80.2 cm³/mol. The summed E-state index contributed by atoms with van der Waals surface area (Å²) in [7, 11) is 4.23. The van der Waals surface area contributed by atoms with Crippen molar-refractivity contribution in [3.05, 3.63) is 34.4 Å². The van der Waals surface area contributed by atoms with Gasteiger partial charge in [0.1, 0.15) is 0 Å². The largest absolute Gasteiger partial charge is 0.308 e. The van der Waals surface area contributed by atoms with E-state index >= 15 is 0 Å². The lowest BCUT2D eigenvalue weighted by Crippen LogP contribution is -2.37. The molecule has 2 nitrogen and oxygen atoms in total. The zero-order chi connectivity index (χ0) is 13.9. The molecule has 0 aliphatic rings. The van der Waals surface area contributed by atoms with Crippen LogP contribution < -0.4 is 5.32 Å². The Labute approximate surface area is 112 Å². The van der Waals surface area contributed by atoms with Gasteiger partial charge in [0.2, 0.25) is 0 Å². The summed E-state index contributed by atoms with van der Waals surface area (Å²) in [4.78, 5) is 2.22. The topological polar surface area (TPSA) is 15.3 Å². The Bertz CT molecular complexity index is 396. The van der Waals surface area contributed by atoms with E-state index in [2.05, 4.69) is 71.1 Å². The monoisotopic (exact) mass is 248 g/mol. The van der Waals surface area contributed by atoms with E-state index in [1.54, 1.807) is 0 Å². The van der Waals surface area contributed by atoms with Gasteiger partial charge in [0.15, 0.2) is 0 Å². The first-order valence-corrected chi connectivity index (χ1v) is 6.79. The van der Waals surface area contributed by atoms with Crippen molar-refractivity contribution in [1.29, 1.82) is 0 Å². The number of aryl methyl sites for hydroxylation is 3. The quantitative estimate of drug-likeness (QED) is 0.861. The van der Waals surface area contributed by atoms with Gasteiger partial charge in [-0.3, -0.25) is 0 Å². The number of nitrogens with one attached hydrogen (secondary N) is 1. The Hall–Kier alpha value is -0.860. The Morgan fingerprint density at radius 3 is 2.11 bits per heavy atom. The maximum Gasteiger partial charge on any atom is 0.0297 e. The molecule has 0 saturated carbocycles. The van der Waals surface area contributed by atoms with Crippen molar-refractivity contribution in [1.82, 2.24) is 10.2 Å². The molecule has 102 valence electrons. The second-order valence-electron chi connectivity index (χ2n) is 5.84. The molecule has 0 radical (unpaired) electrons. The van der Waals surface area contributed by atoms with Crippen molar-refractivity contribution in [2.24, 2.45) is 0 Å². The molecule has 0 saturated heterocycles. The van der Waals surface area contributed by atoms with Gasteiger partial charge in [-0.05, 0) is 71.0 Å². The highest BCUT2D eigenvalue weighted by molar-refractivity contribution is 5.38. The van der Waals surface area contributed by atoms with Gasteiger partial charge in [-0.15, -0.1) is 0 Å². The second kappa shape index (κ2) is 6.35. The normalized spacial score (nSPS) is 14.9. The Kier molecular flexibility index (Phi) is 5.36. The number of likely N-dealkylation sites (N-methyl/N-ethyl adjacent to an activating group) is 1. The molecule has 0 aliphatic carbocycles. The van der Waals surface area contributed by atoms with E-state index in [1.165, 1.54) is 22.3 Å². The molecule has 0 heterocycles. The molecule has 1 N–H and O–H groups in total. The predicted octanol–water partition coefficient (Wildman–Crippen LogP) is 3.21. The molecule has 0 bridgehead atoms. The van der Waals surface area contributed by atoms with Crippen LogP contribution in [0.5, 0.6) is 0 Å². The zero-order valence-electron chi connectivity index (χ0n) is 13.0. The summed E-state index contributed by atoms with van der Waals surface area (Å²) >= 11 is 0. The molecule has 18 heavy (non-hydrogen) atoms. The fourth-order valence-electron chi connectivity index (χ4n) is 2.57. The molecular weight excluding hydrogens is 220 g/mol. The minimum atomic E-state index is 0.402. The Balaban J connectivity index is 2.78. The van der Waals surface area contributed by atoms with E-state index in [0.717, 1.165) is 6.54 Å². The molecule has 1 aromatic rings. The van der Waals surface area contributed by atoms with E-state index in [0.29, 0.717) is 12.1 Å². The van der Waals surface area contributed by atoms with Crippen LogP contribution in [0.2, 0.25) is 0 Å². The molecule has 0 spiro atoms. The van der Waals surface area contributed by atoms with Crippen LogP contribution in [0.3, 0.4) is 0 Å². The summed E-state index contributed by atoms with van der Waals surface area (Å²) in [6.07, 6.45) is 0. The van der Waals surface area contributed by atoms with Gasteiger partial charge in [0, 0.05) is 18.6 Å². The van der Waals surface area contributed by atoms with Crippen LogP contribution in [0, 0.1) is 20.8 Å². The molecule has 2 atom stereocenters. The molecule has 1 rings (SSSR count). The van der Waals surface area contributed by atoms with Gasteiger partial charge < -0.3 is 10.2 Å². The van der Waals surface area contributed by atoms with Crippen LogP contribution in [-0.2, 0) is 0 Å². The van der Waals surface area contributed by atoms with Crippen molar-refractivity contribution in [3.8, 4) is 0 Å². The minimum Gasteiger partial charge on any atom is -0.308 e. The van der Waals surface area contributed by atoms with Gasteiger partial charge in [-0.2, -0.15) is 0 Å². The van der Waals surface area contributed by atoms with Gasteiger partial charge >= 0.3 is 0 Å².